The highest BCUT2D eigenvalue weighted by molar-refractivity contribution is 6.09. The van der Waals surface area contributed by atoms with E-state index in [0.29, 0.717) is 0 Å². The number of fused-ring (bicyclic) bond motifs is 7. The molecular weight excluding hydrogens is 605 g/mol. The molecule has 50 heavy (non-hydrogen) atoms. The summed E-state index contributed by atoms with van der Waals surface area (Å²) in [5, 5.41) is 4.93. The van der Waals surface area contributed by atoms with E-state index in [0.717, 1.165) is 16.6 Å². The number of nitrogens with zero attached hydrogens (tertiary/aromatic N) is 2. The van der Waals surface area contributed by atoms with Gasteiger partial charge in [0.2, 0.25) is 0 Å². The van der Waals surface area contributed by atoms with Gasteiger partial charge in [-0.05, 0) is 92.4 Å². The summed E-state index contributed by atoms with van der Waals surface area (Å²) >= 11 is 0. The molecule has 0 fully saturated rings. The van der Waals surface area contributed by atoms with Crippen molar-refractivity contribution >= 4 is 32.6 Å². The topological polar surface area (TPSA) is 17.8 Å². The predicted octanol–water partition coefficient (Wildman–Crippen LogP) is 12.6. The van der Waals surface area contributed by atoms with Gasteiger partial charge in [-0.3, -0.25) is 4.98 Å². The van der Waals surface area contributed by atoms with E-state index in [-0.39, 0.29) is 5.41 Å². The molecule has 0 bridgehead atoms. The molecule has 1 aliphatic rings. The summed E-state index contributed by atoms with van der Waals surface area (Å²) in [5.74, 6) is 0. The quantitative estimate of drug-likeness (QED) is 0.188. The summed E-state index contributed by atoms with van der Waals surface area (Å²) in [5.41, 5.74) is 16.0. The van der Waals surface area contributed by atoms with E-state index in [2.05, 4.69) is 182 Å². The third-order valence-electron chi connectivity index (χ3n) is 10.8. The smallest absolute Gasteiger partial charge is 0.0708 e. The van der Waals surface area contributed by atoms with E-state index in [1.807, 2.05) is 6.20 Å². The summed E-state index contributed by atoms with van der Waals surface area (Å²) in [7, 11) is 0. The fraction of sp³-hybridized carbons (Fsp3) is 0.0625. The minimum absolute atomic E-state index is 0.129. The van der Waals surface area contributed by atoms with Gasteiger partial charge in [-0.25, -0.2) is 0 Å². The molecule has 236 valence electrons. The van der Waals surface area contributed by atoms with E-state index in [4.69, 9.17) is 4.98 Å². The van der Waals surface area contributed by atoms with Crippen LogP contribution >= 0.6 is 0 Å². The molecule has 2 heterocycles. The molecule has 0 amide bonds. The van der Waals surface area contributed by atoms with Crippen LogP contribution in [-0.2, 0) is 5.41 Å². The van der Waals surface area contributed by atoms with Crippen LogP contribution in [0.5, 0.6) is 0 Å². The Morgan fingerprint density at radius 2 is 0.980 bits per heavy atom. The van der Waals surface area contributed by atoms with E-state index < -0.39 is 0 Å². The van der Waals surface area contributed by atoms with E-state index >= 15 is 0 Å². The van der Waals surface area contributed by atoms with E-state index in [1.54, 1.807) is 0 Å². The highest BCUT2D eigenvalue weighted by Crippen LogP contribution is 2.50. The van der Waals surface area contributed by atoms with Gasteiger partial charge < -0.3 is 4.57 Å². The molecule has 9 aromatic rings. The Kier molecular flexibility index (Phi) is 6.25. The molecule has 2 nitrogen and oxygen atoms in total. The van der Waals surface area contributed by atoms with Crippen LogP contribution in [0.1, 0.15) is 25.0 Å². The van der Waals surface area contributed by atoms with Crippen molar-refractivity contribution in [3.8, 4) is 50.3 Å². The van der Waals surface area contributed by atoms with Crippen LogP contribution in [-0.4, -0.2) is 9.55 Å². The first-order chi connectivity index (χ1) is 24.5. The van der Waals surface area contributed by atoms with Gasteiger partial charge in [0.25, 0.3) is 0 Å². The fourth-order valence-electron chi connectivity index (χ4n) is 8.20. The van der Waals surface area contributed by atoms with Crippen LogP contribution in [0.3, 0.4) is 0 Å². The number of aromatic nitrogens is 2. The van der Waals surface area contributed by atoms with Crippen LogP contribution in [0.25, 0.3) is 82.9 Å². The first-order valence-corrected chi connectivity index (χ1v) is 17.4. The fourth-order valence-corrected chi connectivity index (χ4v) is 8.20. The maximum Gasteiger partial charge on any atom is 0.0708 e. The van der Waals surface area contributed by atoms with Gasteiger partial charge in [0.05, 0.1) is 16.7 Å². The molecule has 0 unspecified atom stereocenters. The number of para-hydroxylation sites is 2. The molecule has 7 aromatic carbocycles. The normalized spacial score (nSPS) is 13.2. The number of benzene rings is 7. The van der Waals surface area contributed by atoms with Crippen molar-refractivity contribution in [2.75, 3.05) is 0 Å². The standard InChI is InChI=1S/C48H34N2/c1-48(2)43-27-35(31-18-20-32(21-19-31)45-29-34-10-3-4-11-37(34)30-49-45)22-24-39(43)40-25-23-36(28-44(40)48)33-12-9-13-38(26-33)50-46-16-7-5-14-41(46)42-15-6-8-17-47(42)50/h3-30H,1-2H3. The number of hydrogen-bond donors (Lipinski definition) is 0. The molecule has 0 saturated carbocycles. The lowest BCUT2D eigenvalue weighted by molar-refractivity contribution is 0.661. The number of rotatable bonds is 4. The third kappa shape index (κ3) is 4.38. The van der Waals surface area contributed by atoms with Crippen molar-refractivity contribution in [3.63, 3.8) is 0 Å². The van der Waals surface area contributed by atoms with Gasteiger partial charge >= 0.3 is 0 Å². The lowest BCUT2D eigenvalue weighted by atomic mass is 9.81. The summed E-state index contributed by atoms with van der Waals surface area (Å²) in [4.78, 5) is 4.74. The van der Waals surface area contributed by atoms with E-state index in [9.17, 15) is 0 Å². The lowest BCUT2D eigenvalue weighted by Crippen LogP contribution is -2.15. The molecule has 0 saturated heterocycles. The maximum absolute atomic E-state index is 4.74. The summed E-state index contributed by atoms with van der Waals surface area (Å²) in [6.07, 6.45) is 1.97. The second kappa shape index (κ2) is 10.9. The molecule has 0 N–H and O–H groups in total. The lowest BCUT2D eigenvalue weighted by Gasteiger charge is -2.23. The monoisotopic (exact) mass is 638 g/mol. The van der Waals surface area contributed by atoms with Gasteiger partial charge in [0.1, 0.15) is 0 Å². The Morgan fingerprint density at radius 3 is 1.66 bits per heavy atom. The van der Waals surface area contributed by atoms with Crippen molar-refractivity contribution < 1.29 is 0 Å². The summed E-state index contributed by atoms with van der Waals surface area (Å²) in [6.45, 7) is 4.74. The molecule has 0 atom stereocenters. The Bertz CT molecular complexity index is 2730. The predicted molar refractivity (Wildman–Crippen MR) is 210 cm³/mol. The van der Waals surface area contributed by atoms with Crippen molar-refractivity contribution in [1.29, 1.82) is 0 Å². The van der Waals surface area contributed by atoms with E-state index in [1.165, 1.54) is 77.4 Å². The van der Waals surface area contributed by atoms with Crippen LogP contribution < -0.4 is 0 Å². The van der Waals surface area contributed by atoms with Crippen molar-refractivity contribution in [1.82, 2.24) is 9.55 Å². The van der Waals surface area contributed by atoms with Gasteiger partial charge in [-0.15, -0.1) is 0 Å². The van der Waals surface area contributed by atoms with Crippen LogP contribution in [0.2, 0.25) is 0 Å². The molecule has 2 heteroatoms. The van der Waals surface area contributed by atoms with Crippen LogP contribution in [0.15, 0.2) is 170 Å². The zero-order valence-corrected chi connectivity index (χ0v) is 28.1. The number of hydrogen-bond acceptors (Lipinski definition) is 1. The largest absolute Gasteiger partial charge is 0.309 e. The second-order valence-corrected chi connectivity index (χ2v) is 14.1. The minimum atomic E-state index is -0.129. The molecule has 0 aliphatic heterocycles. The molecule has 0 spiro atoms. The third-order valence-corrected chi connectivity index (χ3v) is 10.8. The molecule has 0 radical (unpaired) electrons. The minimum Gasteiger partial charge on any atom is -0.309 e. The van der Waals surface area contributed by atoms with Gasteiger partial charge in [0, 0.05) is 39.0 Å². The highest BCUT2D eigenvalue weighted by atomic mass is 15.0. The van der Waals surface area contributed by atoms with Crippen molar-refractivity contribution in [3.05, 3.63) is 181 Å². The zero-order valence-electron chi connectivity index (χ0n) is 28.1. The zero-order chi connectivity index (χ0) is 33.4. The SMILES string of the molecule is CC1(C)c2cc(-c3ccc(-c4cc5ccccc5cn4)cc3)ccc2-c2ccc(-c3cccc(-n4c5ccccc5c5ccccc54)c3)cc21. The Balaban J connectivity index is 0.990. The Labute approximate surface area is 291 Å². The van der Waals surface area contributed by atoms with Gasteiger partial charge in [-0.1, -0.05) is 135 Å². The van der Waals surface area contributed by atoms with Crippen LogP contribution in [0.4, 0.5) is 0 Å². The number of pyridine rings is 1. The second-order valence-electron chi connectivity index (χ2n) is 14.1. The van der Waals surface area contributed by atoms with Gasteiger partial charge in [-0.2, -0.15) is 0 Å². The molecule has 2 aromatic heterocycles. The van der Waals surface area contributed by atoms with Crippen molar-refractivity contribution in [2.24, 2.45) is 0 Å². The summed E-state index contributed by atoms with van der Waals surface area (Å²) in [6, 6.07) is 59.9. The Morgan fingerprint density at radius 1 is 0.440 bits per heavy atom. The van der Waals surface area contributed by atoms with Crippen LogP contribution in [0, 0.1) is 0 Å². The van der Waals surface area contributed by atoms with Gasteiger partial charge in [0.15, 0.2) is 0 Å². The Hall–Kier alpha value is -6.25. The molecule has 1 aliphatic carbocycles. The maximum atomic E-state index is 4.74. The first kappa shape index (κ1) is 28.7. The van der Waals surface area contributed by atoms with Crippen molar-refractivity contribution in [2.45, 2.75) is 19.3 Å². The molecule has 10 rings (SSSR count). The first-order valence-electron chi connectivity index (χ1n) is 17.4. The highest BCUT2D eigenvalue weighted by Gasteiger charge is 2.36. The summed E-state index contributed by atoms with van der Waals surface area (Å²) < 4.78 is 2.40. The average molecular weight is 639 g/mol. The molecular formula is C48H34N2. The average Bonchev–Trinajstić information content (AvgIpc) is 3.63.